The van der Waals surface area contributed by atoms with Gasteiger partial charge in [0.2, 0.25) is 0 Å². The van der Waals surface area contributed by atoms with Crippen LogP contribution < -0.4 is 10.6 Å². The van der Waals surface area contributed by atoms with E-state index in [1.807, 2.05) is 36.4 Å². The highest BCUT2D eigenvalue weighted by Gasteiger charge is 2.21. The van der Waals surface area contributed by atoms with E-state index in [0.29, 0.717) is 5.56 Å². The predicted octanol–water partition coefficient (Wildman–Crippen LogP) is 4.72. The average Bonchev–Trinajstić information content (AvgIpc) is 2.70. The van der Waals surface area contributed by atoms with Gasteiger partial charge in [0.1, 0.15) is 6.29 Å². The van der Waals surface area contributed by atoms with Gasteiger partial charge in [-0.05, 0) is 28.9 Å². The van der Waals surface area contributed by atoms with Gasteiger partial charge in [-0.3, -0.25) is 4.79 Å². The van der Waals surface area contributed by atoms with E-state index in [9.17, 15) is 4.79 Å². The largest absolute Gasteiger partial charge is 0.298 e. The number of rotatable bonds is 7. The zero-order chi connectivity index (χ0) is 17.5. The zero-order valence-electron chi connectivity index (χ0n) is 13.7. The highest BCUT2D eigenvalue weighted by molar-refractivity contribution is 8.22. The van der Waals surface area contributed by atoms with Crippen molar-refractivity contribution in [3.8, 4) is 0 Å². The molecule has 0 saturated heterocycles. The van der Waals surface area contributed by atoms with Crippen LogP contribution in [0.15, 0.2) is 89.8 Å². The Morgan fingerprint density at radius 3 is 1.80 bits per heavy atom. The summed E-state index contributed by atoms with van der Waals surface area (Å²) in [6.07, 6.45) is 1.84. The lowest BCUT2D eigenvalue weighted by atomic mass is 10.2. The molecule has 0 bridgehead atoms. The minimum absolute atomic E-state index is 0.711. The molecule has 3 rings (SSSR count). The standard InChI is InChI=1S/C21H19OPS2/c22-17-18-11-13-21(14-12-18)25-16-15-23(24,19-7-3-1-4-8-19)20-9-5-2-6-10-20/h1-14,17H,15-16H2. The molecule has 0 saturated carbocycles. The monoisotopic (exact) mass is 382 g/mol. The number of carbonyl (C=O) groups excluding carboxylic acids is 1. The van der Waals surface area contributed by atoms with Gasteiger partial charge in [-0.25, -0.2) is 0 Å². The molecule has 0 amide bonds. The van der Waals surface area contributed by atoms with Crippen LogP contribution in [0.2, 0.25) is 0 Å². The van der Waals surface area contributed by atoms with Gasteiger partial charge in [0.25, 0.3) is 0 Å². The number of thioether (sulfide) groups is 1. The van der Waals surface area contributed by atoms with E-state index in [0.717, 1.165) is 18.2 Å². The van der Waals surface area contributed by atoms with Crippen molar-refractivity contribution in [2.24, 2.45) is 0 Å². The Bertz CT molecular complexity index is 818. The van der Waals surface area contributed by atoms with E-state index in [4.69, 9.17) is 11.8 Å². The molecule has 0 aliphatic heterocycles. The van der Waals surface area contributed by atoms with Gasteiger partial charge in [-0.1, -0.05) is 84.6 Å². The second kappa shape index (κ2) is 8.62. The van der Waals surface area contributed by atoms with Gasteiger partial charge in [0.15, 0.2) is 0 Å². The first-order chi connectivity index (χ1) is 12.2. The van der Waals surface area contributed by atoms with Crippen molar-refractivity contribution in [2.75, 3.05) is 11.9 Å². The van der Waals surface area contributed by atoms with Crippen LogP contribution in [0, 0.1) is 0 Å². The van der Waals surface area contributed by atoms with Crippen LogP contribution in [0.5, 0.6) is 0 Å². The van der Waals surface area contributed by atoms with E-state index in [1.54, 1.807) is 11.8 Å². The maximum absolute atomic E-state index is 10.8. The third kappa shape index (κ3) is 4.49. The maximum atomic E-state index is 10.8. The summed E-state index contributed by atoms with van der Waals surface area (Å²) in [5.41, 5.74) is 0.711. The van der Waals surface area contributed by atoms with Crippen LogP contribution >= 0.6 is 17.8 Å². The van der Waals surface area contributed by atoms with Crippen molar-refractivity contribution < 1.29 is 4.79 Å². The fraction of sp³-hybridized carbons (Fsp3) is 0.0952. The predicted molar refractivity (Wildman–Crippen MR) is 114 cm³/mol. The molecule has 0 spiro atoms. The molecule has 0 fully saturated rings. The Balaban J connectivity index is 1.79. The lowest BCUT2D eigenvalue weighted by Crippen LogP contribution is -2.19. The number of carbonyl (C=O) groups is 1. The van der Waals surface area contributed by atoms with Crippen LogP contribution in [0.1, 0.15) is 10.4 Å². The average molecular weight is 382 g/mol. The molecule has 0 aliphatic rings. The molecular formula is C21H19OPS2. The van der Waals surface area contributed by atoms with Crippen molar-refractivity contribution in [1.29, 1.82) is 0 Å². The highest BCUT2D eigenvalue weighted by atomic mass is 32.4. The van der Waals surface area contributed by atoms with E-state index in [1.165, 1.54) is 15.5 Å². The molecule has 0 N–H and O–H groups in total. The molecule has 0 radical (unpaired) electrons. The lowest BCUT2D eigenvalue weighted by molar-refractivity contribution is 0.112. The van der Waals surface area contributed by atoms with E-state index >= 15 is 0 Å². The molecule has 25 heavy (non-hydrogen) atoms. The molecule has 4 heteroatoms. The SMILES string of the molecule is O=Cc1ccc(SCCP(=S)(c2ccccc2)c2ccccc2)cc1. The van der Waals surface area contributed by atoms with Crippen molar-refractivity contribution in [3.63, 3.8) is 0 Å². The minimum atomic E-state index is -1.82. The van der Waals surface area contributed by atoms with Gasteiger partial charge < -0.3 is 0 Å². The van der Waals surface area contributed by atoms with Crippen LogP contribution in [0.25, 0.3) is 0 Å². The summed E-state index contributed by atoms with van der Waals surface area (Å²) in [6, 6.07) is 26.9. The molecule has 0 heterocycles. The normalized spacial score (nSPS) is 11.2. The highest BCUT2D eigenvalue weighted by Crippen LogP contribution is 2.44. The summed E-state index contributed by atoms with van der Waals surface area (Å²) < 4.78 is 0. The van der Waals surface area contributed by atoms with Crippen molar-refractivity contribution in [3.05, 3.63) is 90.5 Å². The first-order valence-electron chi connectivity index (χ1n) is 8.11. The number of hydrogen-bond acceptors (Lipinski definition) is 3. The fourth-order valence-electron chi connectivity index (χ4n) is 2.68. The third-order valence-electron chi connectivity index (χ3n) is 4.04. The smallest absolute Gasteiger partial charge is 0.150 e. The van der Waals surface area contributed by atoms with E-state index in [-0.39, 0.29) is 0 Å². The van der Waals surface area contributed by atoms with E-state index in [2.05, 4.69) is 48.5 Å². The van der Waals surface area contributed by atoms with Crippen LogP contribution in [0.4, 0.5) is 0 Å². The first kappa shape index (κ1) is 18.1. The molecule has 1 nitrogen and oxygen atoms in total. The summed E-state index contributed by atoms with van der Waals surface area (Å²) in [5.74, 6) is 0.960. The summed E-state index contributed by atoms with van der Waals surface area (Å²) in [4.78, 5) is 11.9. The Labute approximate surface area is 158 Å². The molecule has 3 aromatic carbocycles. The van der Waals surface area contributed by atoms with Crippen LogP contribution in [-0.2, 0) is 11.8 Å². The van der Waals surface area contributed by atoms with Gasteiger partial charge in [0.05, 0.1) is 0 Å². The van der Waals surface area contributed by atoms with Gasteiger partial charge in [0, 0.05) is 22.2 Å². The first-order valence-corrected chi connectivity index (χ1v) is 12.1. The van der Waals surface area contributed by atoms with Crippen molar-refractivity contribution >= 4 is 46.5 Å². The molecule has 0 unspecified atom stereocenters. The molecule has 0 atom stereocenters. The van der Waals surface area contributed by atoms with Gasteiger partial charge in [-0.15, -0.1) is 11.8 Å². The number of benzene rings is 3. The Hall–Kier alpha value is -1.67. The van der Waals surface area contributed by atoms with Gasteiger partial charge in [-0.2, -0.15) is 0 Å². The fourth-order valence-corrected chi connectivity index (χ4v) is 8.16. The third-order valence-corrected chi connectivity index (χ3v) is 10.3. The van der Waals surface area contributed by atoms with Crippen LogP contribution in [-0.4, -0.2) is 18.2 Å². The second-order valence-electron chi connectivity index (χ2n) is 5.67. The zero-order valence-corrected chi connectivity index (χ0v) is 16.3. The van der Waals surface area contributed by atoms with Crippen molar-refractivity contribution in [2.45, 2.75) is 4.90 Å². The minimum Gasteiger partial charge on any atom is -0.298 e. The Morgan fingerprint density at radius 1 is 0.800 bits per heavy atom. The Morgan fingerprint density at radius 2 is 1.32 bits per heavy atom. The maximum Gasteiger partial charge on any atom is 0.150 e. The summed E-state index contributed by atoms with van der Waals surface area (Å²) in [5, 5.41) is 2.54. The summed E-state index contributed by atoms with van der Waals surface area (Å²) in [7, 11) is 0. The topological polar surface area (TPSA) is 17.1 Å². The summed E-state index contributed by atoms with van der Waals surface area (Å²) in [6.45, 7) is 0. The molecular weight excluding hydrogens is 363 g/mol. The lowest BCUT2D eigenvalue weighted by Gasteiger charge is -2.23. The number of aldehydes is 1. The molecule has 3 aromatic rings. The summed E-state index contributed by atoms with van der Waals surface area (Å²) >= 11 is 8.04. The molecule has 0 aliphatic carbocycles. The molecule has 126 valence electrons. The Kier molecular flexibility index (Phi) is 6.25. The van der Waals surface area contributed by atoms with E-state index < -0.39 is 6.04 Å². The van der Waals surface area contributed by atoms with Crippen molar-refractivity contribution in [1.82, 2.24) is 0 Å². The second-order valence-corrected chi connectivity index (χ2v) is 11.7. The van der Waals surface area contributed by atoms with Gasteiger partial charge >= 0.3 is 0 Å². The quantitative estimate of drug-likeness (QED) is 0.334. The van der Waals surface area contributed by atoms with Crippen LogP contribution in [0.3, 0.4) is 0 Å². The molecule has 0 aromatic heterocycles. The number of hydrogen-bond donors (Lipinski definition) is 0.